The van der Waals surface area contributed by atoms with Crippen molar-refractivity contribution in [2.45, 2.75) is 26.4 Å². The molecule has 1 aromatic carbocycles. The number of nitrogens with zero attached hydrogens (tertiary/aromatic N) is 4. The quantitative estimate of drug-likeness (QED) is 0.692. The summed E-state index contributed by atoms with van der Waals surface area (Å²) < 4.78 is 1.92. The molecule has 1 N–H and O–H groups in total. The topological polar surface area (TPSA) is 45.5 Å². The summed E-state index contributed by atoms with van der Waals surface area (Å²) in [6.07, 6.45) is 4.86. The van der Waals surface area contributed by atoms with Crippen molar-refractivity contribution in [2.24, 2.45) is 4.99 Å². The Morgan fingerprint density at radius 1 is 1.27 bits per heavy atom. The molecule has 3 rings (SSSR count). The summed E-state index contributed by atoms with van der Waals surface area (Å²) in [5.74, 6) is 1.00. The Morgan fingerprint density at radius 3 is 2.91 bits per heavy atom. The van der Waals surface area contributed by atoms with Gasteiger partial charge in [0.15, 0.2) is 5.96 Å². The SMILES string of the molecule is CCNC(=NCCn1cccn1)N1CCc2ccccc2C1. The molecule has 1 aromatic heterocycles. The van der Waals surface area contributed by atoms with Crippen LogP contribution in [0.3, 0.4) is 0 Å². The van der Waals surface area contributed by atoms with Crippen LogP contribution in [0.1, 0.15) is 18.1 Å². The van der Waals surface area contributed by atoms with Crippen LogP contribution < -0.4 is 5.32 Å². The number of fused-ring (bicyclic) bond motifs is 1. The highest BCUT2D eigenvalue weighted by Crippen LogP contribution is 2.18. The van der Waals surface area contributed by atoms with E-state index in [0.717, 1.165) is 45.1 Å². The lowest BCUT2D eigenvalue weighted by Gasteiger charge is -2.31. The number of hydrogen-bond donors (Lipinski definition) is 1. The Kier molecular flexibility index (Phi) is 4.73. The minimum Gasteiger partial charge on any atom is -0.357 e. The van der Waals surface area contributed by atoms with Crippen LogP contribution in [0.2, 0.25) is 0 Å². The van der Waals surface area contributed by atoms with E-state index < -0.39 is 0 Å². The van der Waals surface area contributed by atoms with Crippen molar-refractivity contribution < 1.29 is 0 Å². The molecule has 0 atom stereocenters. The fourth-order valence-electron chi connectivity index (χ4n) is 2.79. The minimum atomic E-state index is 0.738. The zero-order valence-corrected chi connectivity index (χ0v) is 13.1. The van der Waals surface area contributed by atoms with Gasteiger partial charge in [0.05, 0.1) is 13.1 Å². The summed E-state index contributed by atoms with van der Waals surface area (Å²) in [6.45, 7) is 6.50. The summed E-state index contributed by atoms with van der Waals surface area (Å²) in [4.78, 5) is 7.10. The van der Waals surface area contributed by atoms with Gasteiger partial charge in [0.1, 0.15) is 0 Å². The maximum atomic E-state index is 4.76. The molecule has 0 amide bonds. The highest BCUT2D eigenvalue weighted by atomic mass is 15.3. The highest BCUT2D eigenvalue weighted by Gasteiger charge is 2.18. The van der Waals surface area contributed by atoms with Gasteiger partial charge in [-0.1, -0.05) is 24.3 Å². The first kappa shape index (κ1) is 14.6. The number of aliphatic imine (C=N–C) groups is 1. The van der Waals surface area contributed by atoms with Gasteiger partial charge in [0.25, 0.3) is 0 Å². The first-order valence-corrected chi connectivity index (χ1v) is 7.94. The van der Waals surface area contributed by atoms with Gasteiger partial charge >= 0.3 is 0 Å². The molecule has 116 valence electrons. The fraction of sp³-hybridized carbons (Fsp3) is 0.412. The highest BCUT2D eigenvalue weighted by molar-refractivity contribution is 5.80. The van der Waals surface area contributed by atoms with E-state index in [9.17, 15) is 0 Å². The maximum Gasteiger partial charge on any atom is 0.194 e. The zero-order valence-electron chi connectivity index (χ0n) is 13.1. The molecule has 0 unspecified atom stereocenters. The van der Waals surface area contributed by atoms with Crippen LogP contribution in [-0.4, -0.2) is 40.3 Å². The van der Waals surface area contributed by atoms with Crippen LogP contribution in [-0.2, 0) is 19.5 Å². The lowest BCUT2D eigenvalue weighted by molar-refractivity contribution is 0.378. The van der Waals surface area contributed by atoms with E-state index in [1.165, 1.54) is 11.1 Å². The monoisotopic (exact) mass is 297 g/mol. The average molecular weight is 297 g/mol. The van der Waals surface area contributed by atoms with Gasteiger partial charge in [-0.25, -0.2) is 0 Å². The van der Waals surface area contributed by atoms with E-state index in [4.69, 9.17) is 4.99 Å². The summed E-state index contributed by atoms with van der Waals surface area (Å²) in [5.41, 5.74) is 2.87. The van der Waals surface area contributed by atoms with Gasteiger partial charge in [-0.05, 0) is 30.5 Å². The second-order valence-electron chi connectivity index (χ2n) is 5.45. The molecule has 5 heteroatoms. The molecule has 5 nitrogen and oxygen atoms in total. The molecule has 1 aliphatic heterocycles. The summed E-state index contributed by atoms with van der Waals surface area (Å²) in [6, 6.07) is 10.6. The Morgan fingerprint density at radius 2 is 2.14 bits per heavy atom. The van der Waals surface area contributed by atoms with Crippen molar-refractivity contribution in [3.05, 3.63) is 53.9 Å². The number of guanidine groups is 1. The van der Waals surface area contributed by atoms with Crippen molar-refractivity contribution >= 4 is 5.96 Å². The third kappa shape index (κ3) is 3.47. The number of nitrogens with one attached hydrogen (secondary N) is 1. The first-order chi connectivity index (χ1) is 10.9. The molecule has 1 aliphatic rings. The van der Waals surface area contributed by atoms with Crippen LogP contribution >= 0.6 is 0 Å². The fourth-order valence-corrected chi connectivity index (χ4v) is 2.79. The van der Waals surface area contributed by atoms with E-state index in [2.05, 4.69) is 46.5 Å². The Hall–Kier alpha value is -2.30. The largest absolute Gasteiger partial charge is 0.357 e. The molecule has 2 heterocycles. The molecular formula is C17H23N5. The van der Waals surface area contributed by atoms with Crippen LogP contribution in [0.15, 0.2) is 47.7 Å². The van der Waals surface area contributed by atoms with Crippen molar-refractivity contribution in [3.63, 3.8) is 0 Å². The normalized spacial score (nSPS) is 14.8. The smallest absolute Gasteiger partial charge is 0.194 e. The summed E-state index contributed by atoms with van der Waals surface area (Å²) in [7, 11) is 0. The van der Waals surface area contributed by atoms with E-state index in [-0.39, 0.29) is 0 Å². The molecular weight excluding hydrogens is 274 g/mol. The van der Waals surface area contributed by atoms with Gasteiger partial charge in [0, 0.05) is 32.0 Å². The second kappa shape index (κ2) is 7.11. The summed E-state index contributed by atoms with van der Waals surface area (Å²) in [5, 5.41) is 7.62. The maximum absolute atomic E-state index is 4.76. The molecule has 0 spiro atoms. The van der Waals surface area contributed by atoms with E-state index in [1.54, 1.807) is 6.20 Å². The number of hydrogen-bond acceptors (Lipinski definition) is 2. The van der Waals surface area contributed by atoms with Crippen LogP contribution in [0.25, 0.3) is 0 Å². The Balaban J connectivity index is 1.66. The van der Waals surface area contributed by atoms with Crippen LogP contribution in [0.4, 0.5) is 0 Å². The van der Waals surface area contributed by atoms with Crippen molar-refractivity contribution in [1.82, 2.24) is 20.0 Å². The third-order valence-corrected chi connectivity index (χ3v) is 3.91. The zero-order chi connectivity index (χ0) is 15.2. The van der Waals surface area contributed by atoms with Crippen molar-refractivity contribution in [3.8, 4) is 0 Å². The number of aromatic nitrogens is 2. The molecule has 22 heavy (non-hydrogen) atoms. The first-order valence-electron chi connectivity index (χ1n) is 7.94. The Labute approximate surface area is 131 Å². The number of rotatable bonds is 4. The number of benzene rings is 1. The molecule has 0 fully saturated rings. The van der Waals surface area contributed by atoms with Gasteiger partial charge in [-0.3, -0.25) is 9.67 Å². The molecule has 0 aliphatic carbocycles. The van der Waals surface area contributed by atoms with Gasteiger partial charge in [-0.15, -0.1) is 0 Å². The lowest BCUT2D eigenvalue weighted by Crippen LogP contribution is -2.44. The van der Waals surface area contributed by atoms with Gasteiger partial charge in [-0.2, -0.15) is 5.10 Å². The van der Waals surface area contributed by atoms with Crippen molar-refractivity contribution in [2.75, 3.05) is 19.6 Å². The molecule has 0 bridgehead atoms. The van der Waals surface area contributed by atoms with Gasteiger partial charge < -0.3 is 10.2 Å². The van der Waals surface area contributed by atoms with Crippen molar-refractivity contribution in [1.29, 1.82) is 0 Å². The molecule has 0 saturated heterocycles. The van der Waals surface area contributed by atoms with E-state index in [0.29, 0.717) is 0 Å². The van der Waals surface area contributed by atoms with Crippen LogP contribution in [0.5, 0.6) is 0 Å². The average Bonchev–Trinajstić information content (AvgIpc) is 3.07. The predicted molar refractivity (Wildman–Crippen MR) is 88.8 cm³/mol. The van der Waals surface area contributed by atoms with Gasteiger partial charge in [0.2, 0.25) is 0 Å². The van der Waals surface area contributed by atoms with E-state index in [1.807, 2.05) is 16.9 Å². The summed E-state index contributed by atoms with van der Waals surface area (Å²) >= 11 is 0. The molecule has 0 saturated carbocycles. The van der Waals surface area contributed by atoms with E-state index >= 15 is 0 Å². The Bertz CT molecular complexity index is 618. The standard InChI is InChI=1S/C17H23N5/c1-2-18-17(19-10-13-22-11-5-9-20-22)21-12-8-15-6-3-4-7-16(15)14-21/h3-7,9,11H,2,8,10,12-14H2,1H3,(H,18,19). The predicted octanol–water partition coefficient (Wildman–Crippen LogP) is 1.91. The molecule has 0 radical (unpaired) electrons. The third-order valence-electron chi connectivity index (χ3n) is 3.91. The molecule has 2 aromatic rings. The van der Waals surface area contributed by atoms with Crippen LogP contribution in [0, 0.1) is 0 Å². The second-order valence-corrected chi connectivity index (χ2v) is 5.45. The minimum absolute atomic E-state index is 0.738. The lowest BCUT2D eigenvalue weighted by atomic mass is 10.0.